The second kappa shape index (κ2) is 8.22. The van der Waals surface area contributed by atoms with Gasteiger partial charge in [0.25, 0.3) is 0 Å². The molecule has 0 aromatic rings. The number of likely N-dealkylation sites (tertiary alicyclic amines) is 1. The Morgan fingerprint density at radius 1 is 1.05 bits per heavy atom. The van der Waals surface area contributed by atoms with Crippen LogP contribution in [0.1, 0.15) is 44.9 Å². The number of carbonyl (C=O) groups is 2. The van der Waals surface area contributed by atoms with Gasteiger partial charge in [-0.1, -0.05) is 12.8 Å². The molecule has 3 N–H and O–H groups in total. The van der Waals surface area contributed by atoms with E-state index in [0.29, 0.717) is 12.5 Å². The Morgan fingerprint density at radius 3 is 2.33 bits per heavy atom. The van der Waals surface area contributed by atoms with E-state index in [2.05, 4.69) is 15.5 Å². The van der Waals surface area contributed by atoms with Gasteiger partial charge in [0, 0.05) is 12.6 Å². The molecule has 1 saturated carbocycles. The van der Waals surface area contributed by atoms with Crippen molar-refractivity contribution in [3.05, 3.63) is 0 Å². The highest BCUT2D eigenvalue weighted by Crippen LogP contribution is 2.28. The number of aliphatic carboxylic acids is 1. The van der Waals surface area contributed by atoms with Gasteiger partial charge in [0.2, 0.25) is 0 Å². The second-order valence-electron chi connectivity index (χ2n) is 6.21. The lowest BCUT2D eigenvalue weighted by Crippen LogP contribution is -2.42. The van der Waals surface area contributed by atoms with Crippen molar-refractivity contribution in [1.29, 1.82) is 0 Å². The summed E-state index contributed by atoms with van der Waals surface area (Å²) in [5, 5.41) is 13.5. The molecule has 6 heteroatoms. The third-order valence-corrected chi connectivity index (χ3v) is 4.73. The van der Waals surface area contributed by atoms with Crippen LogP contribution in [0.2, 0.25) is 0 Å². The number of carbonyl (C=O) groups excluding carboxylic acids is 1. The minimum atomic E-state index is -1.02. The highest BCUT2D eigenvalue weighted by molar-refractivity contribution is 5.79. The van der Waals surface area contributed by atoms with E-state index in [0.717, 1.165) is 12.5 Å². The average Bonchev–Trinajstić information content (AvgIpc) is 3.00. The van der Waals surface area contributed by atoms with Crippen molar-refractivity contribution in [3.8, 4) is 0 Å². The lowest BCUT2D eigenvalue weighted by Gasteiger charge is -2.36. The van der Waals surface area contributed by atoms with Crippen LogP contribution in [0.4, 0.5) is 4.79 Å². The summed E-state index contributed by atoms with van der Waals surface area (Å²) in [6, 6.07) is 0.437. The van der Waals surface area contributed by atoms with Gasteiger partial charge >= 0.3 is 12.0 Å². The predicted octanol–water partition coefficient (Wildman–Crippen LogP) is 1.41. The Balaban J connectivity index is 1.54. The standard InChI is InChI=1S/C15H27N3O3/c19-14(20)11-17-15(21)16-8-5-12-6-9-18(10-7-12)13-3-1-2-4-13/h12-13H,1-11H2,(H,19,20)(H2,16,17,21). The molecular weight excluding hydrogens is 270 g/mol. The first-order valence-electron chi connectivity index (χ1n) is 8.12. The van der Waals surface area contributed by atoms with Crippen LogP contribution in [0.5, 0.6) is 0 Å². The van der Waals surface area contributed by atoms with Crippen molar-refractivity contribution in [2.24, 2.45) is 5.92 Å². The number of amides is 2. The minimum Gasteiger partial charge on any atom is -0.480 e. The molecule has 0 spiro atoms. The average molecular weight is 297 g/mol. The van der Waals surface area contributed by atoms with E-state index >= 15 is 0 Å². The Hall–Kier alpha value is -1.30. The maximum absolute atomic E-state index is 11.3. The van der Waals surface area contributed by atoms with Crippen LogP contribution in [-0.4, -0.2) is 54.2 Å². The fourth-order valence-corrected chi connectivity index (χ4v) is 3.48. The lowest BCUT2D eigenvalue weighted by molar-refractivity contribution is -0.135. The Bertz CT molecular complexity index is 348. The number of urea groups is 1. The molecule has 1 saturated heterocycles. The van der Waals surface area contributed by atoms with Crippen LogP contribution in [0.3, 0.4) is 0 Å². The Kier molecular flexibility index (Phi) is 6.29. The molecule has 0 atom stereocenters. The normalized spacial score (nSPS) is 21.3. The quantitative estimate of drug-likeness (QED) is 0.692. The molecule has 6 nitrogen and oxygen atoms in total. The molecule has 2 fully saturated rings. The van der Waals surface area contributed by atoms with Crippen molar-refractivity contribution >= 4 is 12.0 Å². The molecule has 21 heavy (non-hydrogen) atoms. The first kappa shape index (κ1) is 16.1. The van der Waals surface area contributed by atoms with Crippen LogP contribution in [0, 0.1) is 5.92 Å². The van der Waals surface area contributed by atoms with Crippen molar-refractivity contribution in [2.75, 3.05) is 26.2 Å². The van der Waals surface area contributed by atoms with E-state index in [1.54, 1.807) is 0 Å². The summed E-state index contributed by atoms with van der Waals surface area (Å²) in [5.41, 5.74) is 0. The topological polar surface area (TPSA) is 81.7 Å². The van der Waals surface area contributed by atoms with Crippen LogP contribution in [0.15, 0.2) is 0 Å². The summed E-state index contributed by atoms with van der Waals surface area (Å²) in [6.45, 7) is 2.69. The highest BCUT2D eigenvalue weighted by Gasteiger charge is 2.26. The molecular formula is C15H27N3O3. The van der Waals surface area contributed by atoms with Gasteiger partial charge in [-0.2, -0.15) is 0 Å². The maximum Gasteiger partial charge on any atom is 0.323 e. The maximum atomic E-state index is 11.3. The van der Waals surface area contributed by atoms with E-state index in [4.69, 9.17) is 5.11 Å². The smallest absolute Gasteiger partial charge is 0.323 e. The van der Waals surface area contributed by atoms with Crippen molar-refractivity contribution < 1.29 is 14.7 Å². The van der Waals surface area contributed by atoms with E-state index in [9.17, 15) is 9.59 Å². The molecule has 120 valence electrons. The van der Waals surface area contributed by atoms with Gasteiger partial charge in [0.1, 0.15) is 6.54 Å². The summed E-state index contributed by atoms with van der Waals surface area (Å²) in [4.78, 5) is 24.3. The van der Waals surface area contributed by atoms with Crippen LogP contribution >= 0.6 is 0 Å². The van der Waals surface area contributed by atoms with Crippen molar-refractivity contribution in [1.82, 2.24) is 15.5 Å². The van der Waals surface area contributed by atoms with Crippen molar-refractivity contribution in [3.63, 3.8) is 0 Å². The van der Waals surface area contributed by atoms with Gasteiger partial charge in [-0.25, -0.2) is 4.79 Å². The number of hydrogen-bond donors (Lipinski definition) is 3. The Morgan fingerprint density at radius 2 is 1.71 bits per heavy atom. The molecule has 0 aromatic heterocycles. The van der Waals surface area contributed by atoms with Gasteiger partial charge in [0.15, 0.2) is 0 Å². The SMILES string of the molecule is O=C(O)CNC(=O)NCCC1CCN(C2CCCC2)CC1. The zero-order valence-electron chi connectivity index (χ0n) is 12.6. The molecule has 0 bridgehead atoms. The summed E-state index contributed by atoms with van der Waals surface area (Å²) >= 11 is 0. The number of nitrogens with one attached hydrogen (secondary N) is 2. The molecule has 2 rings (SSSR count). The van der Waals surface area contributed by atoms with E-state index in [1.807, 2.05) is 0 Å². The molecule has 0 radical (unpaired) electrons. The molecule has 0 aromatic carbocycles. The van der Waals surface area contributed by atoms with Crippen LogP contribution in [-0.2, 0) is 4.79 Å². The van der Waals surface area contributed by atoms with Gasteiger partial charge in [-0.3, -0.25) is 4.79 Å². The third-order valence-electron chi connectivity index (χ3n) is 4.73. The fraction of sp³-hybridized carbons (Fsp3) is 0.867. The van der Waals surface area contributed by atoms with Gasteiger partial charge in [-0.15, -0.1) is 0 Å². The molecule has 2 amide bonds. The molecule has 2 aliphatic rings. The summed E-state index contributed by atoms with van der Waals surface area (Å²) < 4.78 is 0. The zero-order chi connectivity index (χ0) is 15.1. The third kappa shape index (κ3) is 5.53. The van der Waals surface area contributed by atoms with E-state index < -0.39 is 5.97 Å². The van der Waals surface area contributed by atoms with E-state index in [1.165, 1.54) is 51.6 Å². The van der Waals surface area contributed by atoms with Crippen molar-refractivity contribution in [2.45, 2.75) is 51.0 Å². The molecule has 0 unspecified atom stereocenters. The monoisotopic (exact) mass is 297 g/mol. The lowest BCUT2D eigenvalue weighted by atomic mass is 9.92. The van der Waals surface area contributed by atoms with Crippen LogP contribution in [0.25, 0.3) is 0 Å². The summed E-state index contributed by atoms with van der Waals surface area (Å²) in [6.07, 6.45) is 8.94. The number of carboxylic acids is 1. The first-order chi connectivity index (χ1) is 10.1. The summed E-state index contributed by atoms with van der Waals surface area (Å²) in [7, 11) is 0. The number of hydrogen-bond acceptors (Lipinski definition) is 3. The largest absolute Gasteiger partial charge is 0.480 e. The fourth-order valence-electron chi connectivity index (χ4n) is 3.48. The molecule has 1 aliphatic carbocycles. The number of rotatable bonds is 6. The molecule has 1 heterocycles. The second-order valence-corrected chi connectivity index (χ2v) is 6.21. The van der Waals surface area contributed by atoms with Crippen LogP contribution < -0.4 is 10.6 Å². The number of carboxylic acid groups (broad SMARTS) is 1. The zero-order valence-corrected chi connectivity index (χ0v) is 12.6. The highest BCUT2D eigenvalue weighted by atomic mass is 16.4. The Labute approximate surface area is 126 Å². The first-order valence-corrected chi connectivity index (χ1v) is 8.12. The van der Waals surface area contributed by atoms with Gasteiger partial charge in [-0.05, 0) is 51.1 Å². The number of nitrogens with zero attached hydrogens (tertiary/aromatic N) is 1. The summed E-state index contributed by atoms with van der Waals surface area (Å²) in [5.74, 6) is -0.341. The minimum absolute atomic E-state index is 0.328. The van der Waals surface area contributed by atoms with E-state index in [-0.39, 0.29) is 12.6 Å². The van der Waals surface area contributed by atoms with Gasteiger partial charge < -0.3 is 20.6 Å². The predicted molar refractivity (Wildman–Crippen MR) is 80.2 cm³/mol. The molecule has 1 aliphatic heterocycles. The van der Waals surface area contributed by atoms with Gasteiger partial charge in [0.05, 0.1) is 0 Å². The number of piperidine rings is 1.